The molecule has 0 saturated carbocycles. The van der Waals surface area contributed by atoms with Gasteiger partial charge in [-0.1, -0.05) is 42.5 Å². The van der Waals surface area contributed by atoms with Crippen LogP contribution in [0.15, 0.2) is 60.7 Å². The van der Waals surface area contributed by atoms with Gasteiger partial charge >= 0.3 is 0 Å². The van der Waals surface area contributed by atoms with Crippen LogP contribution in [0.3, 0.4) is 0 Å². The summed E-state index contributed by atoms with van der Waals surface area (Å²) in [6.45, 7) is 1.77. The molecule has 3 aromatic carbocycles. The van der Waals surface area contributed by atoms with E-state index in [0.717, 1.165) is 16.3 Å². The first kappa shape index (κ1) is 14.3. The van der Waals surface area contributed by atoms with Crippen LogP contribution in [0.4, 0.5) is 10.1 Å². The summed E-state index contributed by atoms with van der Waals surface area (Å²) in [5.74, 6) is -0.407. The van der Waals surface area contributed by atoms with Gasteiger partial charge in [-0.25, -0.2) is 4.39 Å². The molecule has 0 aliphatic rings. The van der Waals surface area contributed by atoms with Crippen LogP contribution in [0.1, 0.15) is 11.1 Å². The van der Waals surface area contributed by atoms with Gasteiger partial charge in [0.1, 0.15) is 5.82 Å². The van der Waals surface area contributed by atoms with Crippen LogP contribution in [0.5, 0.6) is 0 Å². The summed E-state index contributed by atoms with van der Waals surface area (Å²) in [5.41, 5.74) is 2.34. The quantitative estimate of drug-likeness (QED) is 0.758. The average molecular weight is 293 g/mol. The summed E-state index contributed by atoms with van der Waals surface area (Å²) in [4.78, 5) is 12.3. The summed E-state index contributed by atoms with van der Waals surface area (Å²) in [5, 5.41) is 5.04. The smallest absolute Gasteiger partial charge is 0.228 e. The fourth-order valence-electron chi connectivity index (χ4n) is 2.58. The molecule has 1 amide bonds. The van der Waals surface area contributed by atoms with Crippen LogP contribution >= 0.6 is 0 Å². The molecule has 0 aliphatic heterocycles. The minimum atomic E-state index is -0.301. The van der Waals surface area contributed by atoms with Crippen molar-refractivity contribution in [2.75, 3.05) is 5.32 Å². The van der Waals surface area contributed by atoms with Gasteiger partial charge in [-0.05, 0) is 47.0 Å². The lowest BCUT2D eigenvalue weighted by Crippen LogP contribution is -2.15. The molecule has 3 heteroatoms. The molecule has 2 nitrogen and oxygen atoms in total. The molecule has 0 saturated heterocycles. The van der Waals surface area contributed by atoms with Crippen molar-refractivity contribution >= 4 is 22.4 Å². The highest BCUT2D eigenvalue weighted by Crippen LogP contribution is 2.20. The Balaban J connectivity index is 1.81. The van der Waals surface area contributed by atoms with Crippen LogP contribution in [-0.4, -0.2) is 5.91 Å². The second kappa shape index (κ2) is 5.98. The summed E-state index contributed by atoms with van der Waals surface area (Å²) in [6.07, 6.45) is 0.290. The largest absolute Gasteiger partial charge is 0.326 e. The highest BCUT2D eigenvalue weighted by atomic mass is 19.1. The van der Waals surface area contributed by atoms with Crippen LogP contribution in [0.25, 0.3) is 10.8 Å². The van der Waals surface area contributed by atoms with E-state index in [1.165, 1.54) is 12.1 Å². The molecule has 0 unspecified atom stereocenters. The molecule has 0 heterocycles. The zero-order chi connectivity index (χ0) is 15.5. The number of nitrogens with one attached hydrogen (secondary N) is 1. The number of hydrogen-bond acceptors (Lipinski definition) is 1. The van der Waals surface area contributed by atoms with Gasteiger partial charge in [0, 0.05) is 5.69 Å². The van der Waals surface area contributed by atoms with Crippen molar-refractivity contribution in [2.45, 2.75) is 13.3 Å². The standard InChI is InChI=1S/C19H16FNO/c1-13-11-16(20)9-10-18(13)21-19(22)12-15-7-4-6-14-5-2-3-8-17(14)15/h2-11H,12H2,1H3,(H,21,22). The van der Waals surface area contributed by atoms with E-state index < -0.39 is 0 Å². The monoisotopic (exact) mass is 293 g/mol. The van der Waals surface area contributed by atoms with E-state index in [0.29, 0.717) is 11.3 Å². The Morgan fingerprint density at radius 2 is 1.82 bits per heavy atom. The average Bonchev–Trinajstić information content (AvgIpc) is 2.50. The van der Waals surface area contributed by atoms with Gasteiger partial charge in [-0.15, -0.1) is 0 Å². The molecular formula is C19H16FNO. The Bertz CT molecular complexity index is 836. The number of benzene rings is 3. The number of fused-ring (bicyclic) bond motifs is 1. The molecule has 110 valence electrons. The number of rotatable bonds is 3. The van der Waals surface area contributed by atoms with E-state index in [1.54, 1.807) is 13.0 Å². The highest BCUT2D eigenvalue weighted by molar-refractivity contribution is 5.96. The molecule has 3 rings (SSSR count). The van der Waals surface area contributed by atoms with E-state index in [1.807, 2.05) is 42.5 Å². The van der Waals surface area contributed by atoms with E-state index in [2.05, 4.69) is 5.32 Å². The third kappa shape index (κ3) is 2.98. The molecular weight excluding hydrogens is 277 g/mol. The van der Waals surface area contributed by atoms with Crippen molar-refractivity contribution in [3.05, 3.63) is 77.6 Å². The van der Waals surface area contributed by atoms with Crippen LogP contribution in [0.2, 0.25) is 0 Å². The zero-order valence-electron chi connectivity index (χ0n) is 12.3. The van der Waals surface area contributed by atoms with E-state index in [-0.39, 0.29) is 18.1 Å². The Labute approximate surface area is 128 Å². The van der Waals surface area contributed by atoms with Crippen molar-refractivity contribution in [3.63, 3.8) is 0 Å². The van der Waals surface area contributed by atoms with Gasteiger partial charge in [-0.3, -0.25) is 4.79 Å². The van der Waals surface area contributed by atoms with Crippen LogP contribution in [-0.2, 0) is 11.2 Å². The summed E-state index contributed by atoms with van der Waals surface area (Å²) in [6, 6.07) is 18.3. The lowest BCUT2D eigenvalue weighted by molar-refractivity contribution is -0.115. The lowest BCUT2D eigenvalue weighted by atomic mass is 10.0. The van der Waals surface area contributed by atoms with Gasteiger partial charge < -0.3 is 5.32 Å². The maximum atomic E-state index is 13.1. The summed E-state index contributed by atoms with van der Waals surface area (Å²) < 4.78 is 13.1. The van der Waals surface area contributed by atoms with Crippen molar-refractivity contribution in [3.8, 4) is 0 Å². The van der Waals surface area contributed by atoms with Crippen LogP contribution in [0, 0.1) is 12.7 Å². The molecule has 3 aromatic rings. The van der Waals surface area contributed by atoms with E-state index in [4.69, 9.17) is 0 Å². The van der Waals surface area contributed by atoms with Gasteiger partial charge in [0.15, 0.2) is 0 Å². The number of halogens is 1. The predicted octanol–water partition coefficient (Wildman–Crippen LogP) is 4.47. The number of aryl methyl sites for hydroxylation is 1. The second-order valence-electron chi connectivity index (χ2n) is 5.32. The molecule has 0 aromatic heterocycles. The predicted molar refractivity (Wildman–Crippen MR) is 87.4 cm³/mol. The molecule has 0 fully saturated rings. The molecule has 0 radical (unpaired) electrons. The molecule has 1 N–H and O–H groups in total. The minimum Gasteiger partial charge on any atom is -0.326 e. The van der Waals surface area contributed by atoms with Crippen molar-refractivity contribution in [1.29, 1.82) is 0 Å². The van der Waals surface area contributed by atoms with Gasteiger partial charge in [0.2, 0.25) is 5.91 Å². The molecule has 0 atom stereocenters. The molecule has 0 aliphatic carbocycles. The van der Waals surface area contributed by atoms with Gasteiger partial charge in [-0.2, -0.15) is 0 Å². The number of anilines is 1. The van der Waals surface area contributed by atoms with Crippen molar-refractivity contribution < 1.29 is 9.18 Å². The fraction of sp³-hybridized carbons (Fsp3) is 0.105. The number of hydrogen-bond donors (Lipinski definition) is 1. The SMILES string of the molecule is Cc1cc(F)ccc1NC(=O)Cc1cccc2ccccc12. The first-order valence-electron chi connectivity index (χ1n) is 7.16. The zero-order valence-corrected chi connectivity index (χ0v) is 12.3. The first-order chi connectivity index (χ1) is 10.6. The third-order valence-corrected chi connectivity index (χ3v) is 3.69. The van der Waals surface area contributed by atoms with E-state index >= 15 is 0 Å². The summed E-state index contributed by atoms with van der Waals surface area (Å²) in [7, 11) is 0. The van der Waals surface area contributed by atoms with Crippen molar-refractivity contribution in [1.82, 2.24) is 0 Å². The fourth-order valence-corrected chi connectivity index (χ4v) is 2.58. The summed E-state index contributed by atoms with van der Waals surface area (Å²) >= 11 is 0. The number of carbonyl (C=O) groups is 1. The molecule has 0 spiro atoms. The van der Waals surface area contributed by atoms with Crippen LogP contribution < -0.4 is 5.32 Å². The Morgan fingerprint density at radius 1 is 1.05 bits per heavy atom. The topological polar surface area (TPSA) is 29.1 Å². The Morgan fingerprint density at radius 3 is 2.64 bits per heavy atom. The lowest BCUT2D eigenvalue weighted by Gasteiger charge is -2.10. The van der Waals surface area contributed by atoms with Gasteiger partial charge in [0.05, 0.1) is 6.42 Å². The highest BCUT2D eigenvalue weighted by Gasteiger charge is 2.09. The Hall–Kier alpha value is -2.68. The van der Waals surface area contributed by atoms with Crippen molar-refractivity contribution in [2.24, 2.45) is 0 Å². The number of carbonyl (C=O) groups excluding carboxylic acids is 1. The van der Waals surface area contributed by atoms with E-state index in [9.17, 15) is 9.18 Å². The minimum absolute atomic E-state index is 0.105. The first-order valence-corrected chi connectivity index (χ1v) is 7.16. The normalized spacial score (nSPS) is 10.6. The van der Waals surface area contributed by atoms with Gasteiger partial charge in [0.25, 0.3) is 0 Å². The Kier molecular flexibility index (Phi) is 3.88. The third-order valence-electron chi connectivity index (χ3n) is 3.69. The number of amides is 1. The second-order valence-corrected chi connectivity index (χ2v) is 5.32. The molecule has 22 heavy (non-hydrogen) atoms. The maximum Gasteiger partial charge on any atom is 0.228 e. The maximum absolute atomic E-state index is 13.1. The molecule has 0 bridgehead atoms.